The highest BCUT2D eigenvalue weighted by Gasteiger charge is 2.06. The number of hydrogen-bond acceptors (Lipinski definition) is 4. The molecule has 0 atom stereocenters. The van der Waals surface area contributed by atoms with E-state index in [1.165, 1.54) is 12.7 Å². The number of nitrogens with zero attached hydrogens (tertiary/aromatic N) is 1. The molecule has 1 aromatic rings. The summed E-state index contributed by atoms with van der Waals surface area (Å²) in [5, 5.41) is 3.22. The summed E-state index contributed by atoms with van der Waals surface area (Å²) in [5.41, 5.74) is 2.35. The van der Waals surface area contributed by atoms with Crippen LogP contribution in [0.15, 0.2) is 54.4 Å². The maximum atomic E-state index is 11.0. The molecular weight excluding hydrogens is 252 g/mol. The molecule has 2 rings (SSSR count). The summed E-state index contributed by atoms with van der Waals surface area (Å²) < 4.78 is 4.60. The van der Waals surface area contributed by atoms with Crippen molar-refractivity contribution < 1.29 is 9.53 Å². The van der Waals surface area contributed by atoms with E-state index in [1.54, 1.807) is 0 Å². The number of ether oxygens (including phenoxy) is 1. The molecule has 0 bridgehead atoms. The van der Waals surface area contributed by atoms with Crippen molar-refractivity contribution in [2.24, 2.45) is 0 Å². The van der Waals surface area contributed by atoms with Gasteiger partial charge in [-0.3, -0.25) is 4.79 Å². The maximum Gasteiger partial charge on any atom is 0.307 e. The van der Waals surface area contributed by atoms with Gasteiger partial charge in [-0.2, -0.15) is 0 Å². The molecule has 0 spiro atoms. The summed E-state index contributed by atoms with van der Waals surface area (Å²) >= 11 is 0. The van der Waals surface area contributed by atoms with E-state index in [0.29, 0.717) is 13.0 Å². The smallest absolute Gasteiger partial charge is 0.307 e. The Bertz CT molecular complexity index is 494. The number of methoxy groups -OCH3 is 1. The monoisotopic (exact) mass is 272 g/mol. The van der Waals surface area contributed by atoms with Gasteiger partial charge in [0.2, 0.25) is 0 Å². The Hall–Kier alpha value is -2.23. The molecule has 1 N–H and O–H groups in total. The fraction of sp³-hybridized carbons (Fsp3) is 0.312. The van der Waals surface area contributed by atoms with Gasteiger partial charge in [0.05, 0.1) is 13.5 Å². The zero-order chi connectivity index (χ0) is 14.2. The van der Waals surface area contributed by atoms with Crippen LogP contribution < -0.4 is 5.32 Å². The van der Waals surface area contributed by atoms with Crippen molar-refractivity contribution in [2.45, 2.75) is 13.0 Å². The number of carbonyl (C=O) groups is 1. The number of hydrogen-bond donors (Lipinski definition) is 1. The van der Waals surface area contributed by atoms with E-state index in [4.69, 9.17) is 0 Å². The van der Waals surface area contributed by atoms with E-state index in [9.17, 15) is 4.79 Å². The van der Waals surface area contributed by atoms with Crippen LogP contribution in [0.2, 0.25) is 0 Å². The number of rotatable bonds is 6. The Balaban J connectivity index is 1.74. The SMILES string of the molecule is COC(=O)CCNC1=CCN(Cc2ccccc2)C=C1. The minimum atomic E-state index is -0.191. The Labute approximate surface area is 119 Å². The van der Waals surface area contributed by atoms with Crippen molar-refractivity contribution in [1.82, 2.24) is 10.2 Å². The first-order chi connectivity index (χ1) is 9.78. The zero-order valence-electron chi connectivity index (χ0n) is 11.7. The van der Waals surface area contributed by atoms with Crippen molar-refractivity contribution in [3.8, 4) is 0 Å². The Morgan fingerprint density at radius 2 is 2.15 bits per heavy atom. The van der Waals surface area contributed by atoms with Crippen LogP contribution in [-0.4, -0.2) is 31.1 Å². The topological polar surface area (TPSA) is 41.6 Å². The van der Waals surface area contributed by atoms with Crippen molar-refractivity contribution >= 4 is 5.97 Å². The molecule has 4 nitrogen and oxygen atoms in total. The van der Waals surface area contributed by atoms with Crippen molar-refractivity contribution in [3.05, 3.63) is 59.9 Å². The summed E-state index contributed by atoms with van der Waals surface area (Å²) in [6, 6.07) is 10.4. The third kappa shape index (κ3) is 4.46. The number of allylic oxidation sites excluding steroid dienone is 1. The van der Waals surface area contributed by atoms with Gasteiger partial charge in [0.15, 0.2) is 0 Å². The third-order valence-electron chi connectivity index (χ3n) is 3.13. The molecule has 106 valence electrons. The molecule has 1 aliphatic heterocycles. The van der Waals surface area contributed by atoms with Gasteiger partial charge in [-0.1, -0.05) is 30.3 Å². The molecule has 0 aliphatic carbocycles. The minimum Gasteiger partial charge on any atom is -0.469 e. The first-order valence-electron chi connectivity index (χ1n) is 6.75. The lowest BCUT2D eigenvalue weighted by Gasteiger charge is -2.23. The highest BCUT2D eigenvalue weighted by molar-refractivity contribution is 5.69. The lowest BCUT2D eigenvalue weighted by Crippen LogP contribution is -2.24. The molecule has 0 fully saturated rings. The predicted octanol–water partition coefficient (Wildman–Crippen LogP) is 2.05. The van der Waals surface area contributed by atoms with Crippen LogP contribution in [-0.2, 0) is 16.1 Å². The normalized spacial score (nSPS) is 13.8. The number of carbonyl (C=O) groups excluding carboxylic acids is 1. The fourth-order valence-electron chi connectivity index (χ4n) is 2.01. The summed E-state index contributed by atoms with van der Waals surface area (Å²) in [7, 11) is 1.41. The second kappa shape index (κ2) is 7.38. The van der Waals surface area contributed by atoms with E-state index >= 15 is 0 Å². The highest BCUT2D eigenvalue weighted by atomic mass is 16.5. The Morgan fingerprint density at radius 3 is 2.80 bits per heavy atom. The number of benzene rings is 1. The molecule has 1 aliphatic rings. The lowest BCUT2D eigenvalue weighted by atomic mass is 10.2. The average Bonchev–Trinajstić information content (AvgIpc) is 2.50. The van der Waals surface area contributed by atoms with Crippen LogP contribution in [0.4, 0.5) is 0 Å². The minimum absolute atomic E-state index is 0.191. The van der Waals surface area contributed by atoms with Gasteiger partial charge in [0, 0.05) is 31.5 Å². The number of esters is 1. The molecule has 0 amide bonds. The van der Waals surface area contributed by atoms with Gasteiger partial charge in [0.25, 0.3) is 0 Å². The van der Waals surface area contributed by atoms with Crippen LogP contribution in [0.3, 0.4) is 0 Å². The van der Waals surface area contributed by atoms with E-state index in [1.807, 2.05) is 12.1 Å². The molecule has 1 aromatic carbocycles. The largest absolute Gasteiger partial charge is 0.469 e. The lowest BCUT2D eigenvalue weighted by molar-refractivity contribution is -0.140. The van der Waals surface area contributed by atoms with Gasteiger partial charge in [-0.25, -0.2) is 0 Å². The summed E-state index contributed by atoms with van der Waals surface area (Å²) in [6.45, 7) is 2.37. The standard InChI is InChI=1S/C16H20N2O2/c1-20-16(19)7-10-17-15-8-11-18(12-9-15)13-14-5-3-2-4-6-14/h2-6,8-9,11,17H,7,10,12-13H2,1H3. The molecule has 1 heterocycles. The van der Waals surface area contributed by atoms with Crippen LogP contribution in [0.1, 0.15) is 12.0 Å². The van der Waals surface area contributed by atoms with E-state index in [2.05, 4.69) is 51.5 Å². The average molecular weight is 272 g/mol. The molecular formula is C16H20N2O2. The van der Waals surface area contributed by atoms with Crippen LogP contribution in [0.5, 0.6) is 0 Å². The van der Waals surface area contributed by atoms with Gasteiger partial charge >= 0.3 is 5.97 Å². The first kappa shape index (κ1) is 14.2. The molecule has 0 saturated heterocycles. The van der Waals surface area contributed by atoms with Crippen LogP contribution >= 0.6 is 0 Å². The van der Waals surface area contributed by atoms with Crippen LogP contribution in [0.25, 0.3) is 0 Å². The van der Waals surface area contributed by atoms with E-state index in [0.717, 1.165) is 18.8 Å². The summed E-state index contributed by atoms with van der Waals surface area (Å²) in [5.74, 6) is -0.191. The second-order valence-corrected chi connectivity index (χ2v) is 4.64. The maximum absolute atomic E-state index is 11.0. The third-order valence-corrected chi connectivity index (χ3v) is 3.13. The fourth-order valence-corrected chi connectivity index (χ4v) is 2.01. The van der Waals surface area contributed by atoms with E-state index < -0.39 is 0 Å². The van der Waals surface area contributed by atoms with Crippen LogP contribution in [0, 0.1) is 0 Å². The summed E-state index contributed by atoms with van der Waals surface area (Å²) in [6.07, 6.45) is 6.62. The summed E-state index contributed by atoms with van der Waals surface area (Å²) in [4.78, 5) is 13.2. The van der Waals surface area contributed by atoms with Crippen molar-refractivity contribution in [2.75, 3.05) is 20.2 Å². The molecule has 0 unspecified atom stereocenters. The second-order valence-electron chi connectivity index (χ2n) is 4.64. The van der Waals surface area contributed by atoms with Gasteiger partial charge in [-0.15, -0.1) is 0 Å². The highest BCUT2D eigenvalue weighted by Crippen LogP contribution is 2.10. The zero-order valence-corrected chi connectivity index (χ0v) is 11.7. The molecule has 20 heavy (non-hydrogen) atoms. The Morgan fingerprint density at radius 1 is 1.35 bits per heavy atom. The molecule has 0 aromatic heterocycles. The molecule has 4 heteroatoms. The number of nitrogens with one attached hydrogen (secondary N) is 1. The van der Waals surface area contributed by atoms with Gasteiger partial charge in [-0.05, 0) is 17.7 Å². The predicted molar refractivity (Wildman–Crippen MR) is 78.7 cm³/mol. The van der Waals surface area contributed by atoms with Crippen molar-refractivity contribution in [1.29, 1.82) is 0 Å². The molecule has 0 radical (unpaired) electrons. The van der Waals surface area contributed by atoms with Gasteiger partial charge in [0.1, 0.15) is 0 Å². The quantitative estimate of drug-likeness (QED) is 0.805. The van der Waals surface area contributed by atoms with E-state index in [-0.39, 0.29) is 5.97 Å². The Kier molecular flexibility index (Phi) is 5.24. The van der Waals surface area contributed by atoms with Crippen molar-refractivity contribution in [3.63, 3.8) is 0 Å². The molecule has 0 saturated carbocycles. The van der Waals surface area contributed by atoms with Gasteiger partial charge < -0.3 is 15.0 Å². The first-order valence-corrected chi connectivity index (χ1v) is 6.75.